The Balaban J connectivity index is 1.78. The average molecular weight is 633 g/mol. The summed E-state index contributed by atoms with van der Waals surface area (Å²) in [6, 6.07) is 19.7. The predicted octanol–water partition coefficient (Wildman–Crippen LogP) is 4.68. The Kier molecular flexibility index (Phi) is 10.6. The van der Waals surface area contributed by atoms with E-state index in [0.717, 1.165) is 0 Å². The van der Waals surface area contributed by atoms with E-state index in [0.29, 0.717) is 34.9 Å². The lowest BCUT2D eigenvalue weighted by molar-refractivity contribution is -0.130. The molecular weight excluding hydrogens is 601 g/mol. The maximum absolute atomic E-state index is 13.9. The van der Waals surface area contributed by atoms with Crippen molar-refractivity contribution in [1.82, 2.24) is 10.9 Å². The molecule has 1 aliphatic rings. The number of benzene rings is 3. The molecule has 0 unspecified atom stereocenters. The van der Waals surface area contributed by atoms with E-state index in [1.54, 1.807) is 60.7 Å². The van der Waals surface area contributed by atoms with Crippen LogP contribution in [0.15, 0.2) is 95.3 Å². The smallest absolute Gasteiger partial charge is 0.266 e. The van der Waals surface area contributed by atoms with Crippen molar-refractivity contribution in [2.75, 3.05) is 25.5 Å². The van der Waals surface area contributed by atoms with Gasteiger partial charge in [0.2, 0.25) is 5.90 Å². The minimum Gasteiger partial charge on any atom is -0.494 e. The summed E-state index contributed by atoms with van der Waals surface area (Å²) in [5.41, 5.74) is 4.62. The van der Waals surface area contributed by atoms with Crippen LogP contribution in [0.25, 0.3) is 0 Å². The predicted molar refractivity (Wildman–Crippen MR) is 163 cm³/mol. The van der Waals surface area contributed by atoms with Crippen LogP contribution in [0.1, 0.15) is 30.1 Å². The van der Waals surface area contributed by atoms with Gasteiger partial charge in [-0.25, -0.2) is 18.8 Å². The van der Waals surface area contributed by atoms with Crippen molar-refractivity contribution in [2.24, 2.45) is 4.99 Å². The second-order valence-corrected chi connectivity index (χ2v) is 12.4. The Bertz CT molecular complexity index is 1530. The lowest BCUT2D eigenvalue weighted by atomic mass is 9.85. The third-order valence-electron chi connectivity index (χ3n) is 6.58. The Labute approximate surface area is 255 Å². The molecule has 1 aliphatic heterocycles. The Hall–Kier alpha value is -3.41. The molecule has 1 heterocycles. The van der Waals surface area contributed by atoms with Crippen LogP contribution in [0.2, 0.25) is 10.0 Å². The van der Waals surface area contributed by atoms with E-state index in [1.165, 1.54) is 18.2 Å². The number of carbonyl (C=O) groups is 1. The van der Waals surface area contributed by atoms with Gasteiger partial charge in [-0.15, -0.1) is 6.58 Å². The number of aliphatic imine (C=N–C) groups is 1. The minimum absolute atomic E-state index is 0.0170. The van der Waals surface area contributed by atoms with Gasteiger partial charge in [0, 0.05) is 47.2 Å². The van der Waals surface area contributed by atoms with Crippen LogP contribution >= 0.6 is 23.2 Å². The molecule has 3 aromatic rings. The molecule has 0 saturated carbocycles. The topological polar surface area (TPSA) is 126 Å². The summed E-state index contributed by atoms with van der Waals surface area (Å²) >= 11 is 12.8. The monoisotopic (exact) mass is 631 g/mol. The van der Waals surface area contributed by atoms with Crippen LogP contribution in [0, 0.1) is 0 Å². The number of rotatable bonds is 14. The van der Waals surface area contributed by atoms with Gasteiger partial charge in [-0.1, -0.05) is 53.5 Å². The number of aliphatic hydroxyl groups excluding tert-OH is 1. The summed E-state index contributed by atoms with van der Waals surface area (Å²) < 4.78 is 38.7. The van der Waals surface area contributed by atoms with E-state index in [9.17, 15) is 13.2 Å². The van der Waals surface area contributed by atoms with Crippen molar-refractivity contribution in [1.29, 1.82) is 0 Å². The number of ether oxygens (including phenoxy) is 2. The van der Waals surface area contributed by atoms with Gasteiger partial charge in [-0.3, -0.25) is 10.2 Å². The van der Waals surface area contributed by atoms with Gasteiger partial charge in [0.15, 0.2) is 21.5 Å². The maximum atomic E-state index is 13.9. The molecule has 3 aromatic carbocycles. The highest BCUT2D eigenvalue weighted by Gasteiger charge is 2.54. The first-order valence-electron chi connectivity index (χ1n) is 13.2. The summed E-state index contributed by atoms with van der Waals surface area (Å²) in [5.74, 6) is -0.299. The van der Waals surface area contributed by atoms with Crippen molar-refractivity contribution >= 4 is 44.8 Å². The first kappa shape index (κ1) is 31.5. The number of hydrogen-bond donors (Lipinski definition) is 3. The number of aliphatic hydroxyl groups is 1. The Morgan fingerprint density at radius 2 is 1.86 bits per heavy atom. The fourth-order valence-corrected chi connectivity index (χ4v) is 6.30. The van der Waals surface area contributed by atoms with Crippen LogP contribution in [-0.2, 0) is 19.4 Å². The van der Waals surface area contributed by atoms with Gasteiger partial charge in [0.25, 0.3) is 5.91 Å². The Morgan fingerprint density at radius 1 is 1.12 bits per heavy atom. The lowest BCUT2D eigenvalue weighted by Gasteiger charge is -2.31. The molecule has 222 valence electrons. The molecule has 0 aliphatic carbocycles. The van der Waals surface area contributed by atoms with Gasteiger partial charge in [-0.05, 0) is 48.5 Å². The molecule has 0 spiro atoms. The van der Waals surface area contributed by atoms with Gasteiger partial charge in [-0.2, -0.15) is 0 Å². The maximum Gasteiger partial charge on any atom is 0.266 e. The van der Waals surface area contributed by atoms with Crippen LogP contribution in [-0.4, -0.2) is 56.4 Å². The second kappa shape index (κ2) is 14.2. The van der Waals surface area contributed by atoms with E-state index in [1.807, 2.05) is 0 Å². The number of sulfone groups is 1. The molecule has 1 amide bonds. The molecule has 0 fully saturated rings. The van der Waals surface area contributed by atoms with Crippen molar-refractivity contribution in [3.8, 4) is 5.75 Å². The number of halogens is 2. The number of hydrogen-bond acceptors (Lipinski definition) is 8. The summed E-state index contributed by atoms with van der Waals surface area (Å²) in [4.78, 5) is 18.8. The van der Waals surface area contributed by atoms with Gasteiger partial charge >= 0.3 is 0 Å². The molecule has 12 heteroatoms. The number of carbonyl (C=O) groups excluding carboxylic acids is 1. The van der Waals surface area contributed by atoms with Crippen LogP contribution < -0.4 is 15.6 Å². The SMILES string of the molecule is C=CCNNC(=O)[C@@]1(CCS(=O)(=O)c2ccccc2)N=C(c2ccc(OCCCO)cc2)O[C@H]1c1ccc(Cl)cc1Cl. The lowest BCUT2D eigenvalue weighted by Crippen LogP contribution is -2.53. The molecule has 3 N–H and O–H groups in total. The average Bonchev–Trinajstić information content (AvgIpc) is 3.38. The van der Waals surface area contributed by atoms with E-state index < -0.39 is 33.1 Å². The number of amides is 1. The standard InChI is InChI=1S/C30H31Cl2N3O6S/c1-2-16-33-35-29(37)30(15-19-42(38,39)24-7-4-3-5-8-24)27(25-14-11-22(31)20-26(25)32)41-28(34-30)21-9-12-23(13-10-21)40-18-6-17-36/h2-5,7-14,20,27,33,36H,1,6,15-19H2,(H,35,37)/t27-,30-/m0/s1. The molecule has 0 aromatic heterocycles. The summed E-state index contributed by atoms with van der Waals surface area (Å²) in [5, 5.41) is 9.62. The van der Waals surface area contributed by atoms with Crippen molar-refractivity contribution in [3.05, 3.63) is 107 Å². The molecule has 0 radical (unpaired) electrons. The van der Waals surface area contributed by atoms with E-state index in [-0.39, 0.29) is 35.4 Å². The van der Waals surface area contributed by atoms with Gasteiger partial charge < -0.3 is 14.6 Å². The van der Waals surface area contributed by atoms with E-state index >= 15 is 0 Å². The molecule has 0 saturated heterocycles. The zero-order valence-electron chi connectivity index (χ0n) is 22.6. The highest BCUT2D eigenvalue weighted by atomic mass is 35.5. The molecule has 42 heavy (non-hydrogen) atoms. The second-order valence-electron chi connectivity index (χ2n) is 9.46. The molecule has 9 nitrogen and oxygen atoms in total. The summed E-state index contributed by atoms with van der Waals surface area (Å²) in [7, 11) is -3.80. The molecule has 0 bridgehead atoms. The largest absolute Gasteiger partial charge is 0.494 e. The normalized spacial score (nSPS) is 18.2. The van der Waals surface area contributed by atoms with Crippen LogP contribution in [0.4, 0.5) is 0 Å². The van der Waals surface area contributed by atoms with Gasteiger partial charge in [0.1, 0.15) is 5.75 Å². The highest BCUT2D eigenvalue weighted by molar-refractivity contribution is 7.91. The zero-order valence-corrected chi connectivity index (χ0v) is 25.0. The summed E-state index contributed by atoms with van der Waals surface area (Å²) in [6.45, 7) is 4.26. The Morgan fingerprint density at radius 3 is 2.52 bits per heavy atom. The number of nitrogens with zero attached hydrogens (tertiary/aromatic N) is 1. The van der Waals surface area contributed by atoms with E-state index in [4.69, 9.17) is 42.8 Å². The third-order valence-corrected chi connectivity index (χ3v) is 8.87. The first-order valence-corrected chi connectivity index (χ1v) is 15.6. The molecule has 2 atom stereocenters. The van der Waals surface area contributed by atoms with Gasteiger partial charge in [0.05, 0.1) is 17.3 Å². The first-order chi connectivity index (χ1) is 20.2. The summed E-state index contributed by atoms with van der Waals surface area (Å²) in [6.07, 6.45) is 0.741. The fraction of sp³-hybridized carbons (Fsp3) is 0.267. The molecule has 4 rings (SSSR count). The number of nitrogens with one attached hydrogen (secondary N) is 2. The van der Waals surface area contributed by atoms with Crippen molar-refractivity contribution in [3.63, 3.8) is 0 Å². The quantitative estimate of drug-likeness (QED) is 0.134. The molecular formula is C30H31Cl2N3O6S. The highest BCUT2D eigenvalue weighted by Crippen LogP contribution is 2.45. The number of hydrazine groups is 1. The van der Waals surface area contributed by atoms with Crippen LogP contribution in [0.3, 0.4) is 0 Å². The van der Waals surface area contributed by atoms with Crippen LogP contribution in [0.5, 0.6) is 5.75 Å². The van der Waals surface area contributed by atoms with Crippen molar-refractivity contribution in [2.45, 2.75) is 29.4 Å². The fourth-order valence-electron chi connectivity index (χ4n) is 4.41. The zero-order chi connectivity index (χ0) is 30.2. The minimum atomic E-state index is -3.80. The third kappa shape index (κ3) is 7.32. The van der Waals surface area contributed by atoms with E-state index in [2.05, 4.69) is 17.4 Å². The van der Waals surface area contributed by atoms with Crippen molar-refractivity contribution < 1.29 is 27.8 Å².